The van der Waals surface area contributed by atoms with Crippen LogP contribution in [0.15, 0.2) is 36.4 Å². The Balaban J connectivity index is 1.91. The van der Waals surface area contributed by atoms with Gasteiger partial charge in [0, 0.05) is 24.7 Å². The fourth-order valence-corrected chi connectivity index (χ4v) is 2.37. The second-order valence-corrected chi connectivity index (χ2v) is 5.54. The van der Waals surface area contributed by atoms with Gasteiger partial charge in [0.05, 0.1) is 19.9 Å². The van der Waals surface area contributed by atoms with Crippen LogP contribution in [0.3, 0.4) is 0 Å². The molecule has 0 bridgehead atoms. The normalized spacial score (nSPS) is 10.2. The quantitative estimate of drug-likeness (QED) is 0.812. The fourth-order valence-electron chi connectivity index (χ4n) is 2.37. The first-order chi connectivity index (χ1) is 11.5. The molecule has 2 aromatic carbocycles. The van der Waals surface area contributed by atoms with Gasteiger partial charge in [-0.15, -0.1) is 0 Å². The number of rotatable bonds is 7. The van der Waals surface area contributed by atoms with E-state index in [1.54, 1.807) is 32.4 Å². The second kappa shape index (κ2) is 8.24. The number of nitrogens with one attached hydrogen (secondary N) is 2. The van der Waals surface area contributed by atoms with Crippen molar-refractivity contribution in [3.8, 4) is 11.5 Å². The van der Waals surface area contributed by atoms with E-state index < -0.39 is 0 Å². The van der Waals surface area contributed by atoms with Crippen LogP contribution in [0.1, 0.15) is 17.5 Å². The van der Waals surface area contributed by atoms with Gasteiger partial charge in [-0.05, 0) is 43.2 Å². The number of hydrogen-bond acceptors (Lipinski definition) is 4. The fraction of sp³-hybridized carbons (Fsp3) is 0.316. The Kier molecular flexibility index (Phi) is 6.07. The molecule has 0 heterocycles. The summed E-state index contributed by atoms with van der Waals surface area (Å²) in [7, 11) is 3.15. The highest BCUT2D eigenvalue weighted by Crippen LogP contribution is 2.29. The number of methoxy groups -OCH3 is 2. The van der Waals surface area contributed by atoms with E-state index in [0.29, 0.717) is 30.2 Å². The molecule has 0 fully saturated rings. The van der Waals surface area contributed by atoms with E-state index in [1.807, 2.05) is 12.1 Å². The lowest BCUT2D eigenvalue weighted by Gasteiger charge is -2.13. The van der Waals surface area contributed by atoms with Gasteiger partial charge in [-0.3, -0.25) is 4.79 Å². The maximum absolute atomic E-state index is 12.1. The third-order valence-corrected chi connectivity index (χ3v) is 3.95. The molecule has 0 spiro atoms. The molecule has 1 amide bonds. The van der Waals surface area contributed by atoms with Crippen molar-refractivity contribution < 1.29 is 14.3 Å². The Morgan fingerprint density at radius 1 is 1.04 bits per heavy atom. The molecule has 2 rings (SSSR count). The lowest BCUT2D eigenvalue weighted by atomic mass is 10.1. The van der Waals surface area contributed by atoms with Gasteiger partial charge >= 0.3 is 0 Å². The number of ether oxygens (including phenoxy) is 2. The third-order valence-electron chi connectivity index (χ3n) is 3.95. The number of aryl methyl sites for hydroxylation is 1. The van der Waals surface area contributed by atoms with Gasteiger partial charge in [0.2, 0.25) is 5.91 Å². The monoisotopic (exact) mass is 328 g/mol. The van der Waals surface area contributed by atoms with Gasteiger partial charge in [0.15, 0.2) is 0 Å². The maximum Gasteiger partial charge on any atom is 0.226 e. The molecule has 0 radical (unpaired) electrons. The molecule has 5 heteroatoms. The van der Waals surface area contributed by atoms with Crippen LogP contribution in [-0.2, 0) is 4.79 Å². The number of carbonyl (C=O) groups excluding carboxylic acids is 1. The van der Waals surface area contributed by atoms with Crippen LogP contribution >= 0.6 is 0 Å². The first-order valence-corrected chi connectivity index (χ1v) is 7.87. The molecule has 2 aromatic rings. The van der Waals surface area contributed by atoms with Crippen molar-refractivity contribution in [2.24, 2.45) is 0 Å². The second-order valence-electron chi connectivity index (χ2n) is 5.54. The lowest BCUT2D eigenvalue weighted by Crippen LogP contribution is -2.17. The highest BCUT2D eigenvalue weighted by atomic mass is 16.5. The zero-order valence-electron chi connectivity index (χ0n) is 14.6. The molecule has 0 saturated carbocycles. The van der Waals surface area contributed by atoms with E-state index in [-0.39, 0.29) is 5.91 Å². The van der Waals surface area contributed by atoms with Crippen LogP contribution in [-0.4, -0.2) is 26.7 Å². The summed E-state index contributed by atoms with van der Waals surface area (Å²) in [6.07, 6.45) is 0.364. The predicted molar refractivity (Wildman–Crippen MR) is 97.2 cm³/mol. The largest absolute Gasteiger partial charge is 0.497 e. The first-order valence-electron chi connectivity index (χ1n) is 7.87. The van der Waals surface area contributed by atoms with Crippen molar-refractivity contribution in [3.05, 3.63) is 47.5 Å². The lowest BCUT2D eigenvalue weighted by molar-refractivity contribution is -0.116. The molecular weight excluding hydrogens is 304 g/mol. The summed E-state index contributed by atoms with van der Waals surface area (Å²) in [4.78, 5) is 12.1. The van der Waals surface area contributed by atoms with Gasteiger partial charge in [0.1, 0.15) is 11.5 Å². The molecule has 5 nitrogen and oxygen atoms in total. The van der Waals surface area contributed by atoms with Gasteiger partial charge in [-0.25, -0.2) is 0 Å². The molecule has 0 aliphatic carbocycles. The summed E-state index contributed by atoms with van der Waals surface area (Å²) in [5.41, 5.74) is 4.13. The van der Waals surface area contributed by atoms with Gasteiger partial charge < -0.3 is 20.1 Å². The highest BCUT2D eigenvalue weighted by Gasteiger charge is 2.09. The SMILES string of the molecule is COc1ccc(NC(=O)CCNc2cccc(C)c2C)c(OC)c1. The van der Waals surface area contributed by atoms with Crippen LogP contribution in [0.2, 0.25) is 0 Å². The molecule has 0 aliphatic rings. The van der Waals surface area contributed by atoms with Crippen LogP contribution in [0.4, 0.5) is 11.4 Å². The smallest absolute Gasteiger partial charge is 0.226 e. The van der Waals surface area contributed by atoms with E-state index in [2.05, 4.69) is 30.5 Å². The molecule has 0 atom stereocenters. The minimum atomic E-state index is -0.0729. The summed E-state index contributed by atoms with van der Waals surface area (Å²) < 4.78 is 10.4. The molecule has 0 aliphatic heterocycles. The van der Waals surface area contributed by atoms with Crippen molar-refractivity contribution >= 4 is 17.3 Å². The first kappa shape index (κ1) is 17.7. The topological polar surface area (TPSA) is 59.6 Å². The summed E-state index contributed by atoms with van der Waals surface area (Å²) in [5.74, 6) is 1.18. The molecule has 24 heavy (non-hydrogen) atoms. The summed E-state index contributed by atoms with van der Waals surface area (Å²) in [5, 5.41) is 6.17. The van der Waals surface area contributed by atoms with Crippen molar-refractivity contribution in [2.45, 2.75) is 20.3 Å². The Hall–Kier alpha value is -2.69. The average Bonchev–Trinajstić information content (AvgIpc) is 2.59. The molecule has 0 aromatic heterocycles. The van der Waals surface area contributed by atoms with E-state index in [1.165, 1.54) is 11.1 Å². The van der Waals surface area contributed by atoms with Gasteiger partial charge in [-0.1, -0.05) is 12.1 Å². The van der Waals surface area contributed by atoms with E-state index >= 15 is 0 Å². The van der Waals surface area contributed by atoms with Gasteiger partial charge in [0.25, 0.3) is 0 Å². The predicted octanol–water partition coefficient (Wildman–Crippen LogP) is 3.76. The van der Waals surface area contributed by atoms with Crippen molar-refractivity contribution in [1.82, 2.24) is 0 Å². The van der Waals surface area contributed by atoms with Crippen molar-refractivity contribution in [1.29, 1.82) is 0 Å². The number of benzene rings is 2. The van der Waals surface area contributed by atoms with Crippen LogP contribution < -0.4 is 20.1 Å². The Bertz CT molecular complexity index is 714. The molecule has 0 unspecified atom stereocenters. The van der Waals surface area contributed by atoms with Gasteiger partial charge in [-0.2, -0.15) is 0 Å². The number of anilines is 2. The summed E-state index contributed by atoms with van der Waals surface area (Å²) >= 11 is 0. The summed E-state index contributed by atoms with van der Waals surface area (Å²) in [6.45, 7) is 4.71. The van der Waals surface area contributed by atoms with E-state index in [9.17, 15) is 4.79 Å². The molecule has 128 valence electrons. The van der Waals surface area contributed by atoms with Crippen LogP contribution in [0, 0.1) is 13.8 Å². The molecule has 2 N–H and O–H groups in total. The molecular formula is C19H24N2O3. The number of amides is 1. The Morgan fingerprint density at radius 2 is 1.83 bits per heavy atom. The number of carbonyl (C=O) groups is 1. The van der Waals surface area contributed by atoms with Crippen LogP contribution in [0.25, 0.3) is 0 Å². The number of hydrogen-bond donors (Lipinski definition) is 2. The summed E-state index contributed by atoms with van der Waals surface area (Å²) in [6, 6.07) is 11.4. The average molecular weight is 328 g/mol. The maximum atomic E-state index is 12.1. The van der Waals surface area contributed by atoms with E-state index in [4.69, 9.17) is 9.47 Å². The molecule has 0 saturated heterocycles. The highest BCUT2D eigenvalue weighted by molar-refractivity contribution is 5.92. The third kappa shape index (κ3) is 4.41. The zero-order chi connectivity index (χ0) is 17.5. The van der Waals surface area contributed by atoms with Crippen LogP contribution in [0.5, 0.6) is 11.5 Å². The Labute approximate surface area is 143 Å². The standard InChI is InChI=1S/C19H24N2O3/c1-13-6-5-7-16(14(13)2)20-11-10-19(22)21-17-9-8-15(23-3)12-18(17)24-4/h5-9,12,20H,10-11H2,1-4H3,(H,21,22). The zero-order valence-corrected chi connectivity index (χ0v) is 14.6. The van der Waals surface area contributed by atoms with E-state index in [0.717, 1.165) is 5.69 Å². The van der Waals surface area contributed by atoms with Crippen molar-refractivity contribution in [2.75, 3.05) is 31.4 Å². The Morgan fingerprint density at radius 3 is 2.54 bits per heavy atom. The van der Waals surface area contributed by atoms with Crippen molar-refractivity contribution in [3.63, 3.8) is 0 Å². The minimum absolute atomic E-state index is 0.0729. The minimum Gasteiger partial charge on any atom is -0.497 e.